The Morgan fingerprint density at radius 3 is 2.29 bits per heavy atom. The fourth-order valence-corrected chi connectivity index (χ4v) is 1.86. The van der Waals surface area contributed by atoms with Crippen molar-refractivity contribution in [2.24, 2.45) is 5.92 Å². The number of alkyl carbamates (subject to hydrolysis) is 1. The molecule has 0 bridgehead atoms. The Kier molecular flexibility index (Phi) is 7.95. The molecule has 1 atom stereocenters. The van der Waals surface area contributed by atoms with Crippen LogP contribution in [-0.4, -0.2) is 39.0 Å². The van der Waals surface area contributed by atoms with Gasteiger partial charge in [-0.25, -0.2) is 4.79 Å². The molecule has 0 heterocycles. The zero-order chi connectivity index (χ0) is 16.7. The minimum absolute atomic E-state index is 0.0522. The monoisotopic (exact) mass is 321 g/mol. The summed E-state index contributed by atoms with van der Waals surface area (Å²) in [5.74, 6) is 0.366. The first kappa shape index (κ1) is 19.9. The zero-order valence-electron chi connectivity index (χ0n) is 13.7. The second kappa shape index (κ2) is 8.38. The van der Waals surface area contributed by atoms with Crippen LogP contribution >= 0.6 is 0 Å². The fourth-order valence-electron chi connectivity index (χ4n) is 1.54. The summed E-state index contributed by atoms with van der Waals surface area (Å²) in [5.41, 5.74) is -0.560. The second-order valence-electron chi connectivity index (χ2n) is 6.30. The van der Waals surface area contributed by atoms with Crippen molar-refractivity contribution in [3.8, 4) is 0 Å². The van der Waals surface area contributed by atoms with Crippen LogP contribution in [0.3, 0.4) is 0 Å². The molecule has 0 unspecified atom stereocenters. The van der Waals surface area contributed by atoms with E-state index < -0.39 is 21.8 Å². The van der Waals surface area contributed by atoms with Crippen LogP contribution in [0.5, 0.6) is 0 Å². The van der Waals surface area contributed by atoms with E-state index in [1.807, 2.05) is 13.8 Å². The lowest BCUT2D eigenvalue weighted by molar-refractivity contribution is 0.0510. The molecule has 0 fully saturated rings. The van der Waals surface area contributed by atoms with Gasteiger partial charge < -0.3 is 10.1 Å². The van der Waals surface area contributed by atoms with Crippen LogP contribution in [0.25, 0.3) is 0 Å². The van der Waals surface area contributed by atoms with E-state index in [0.29, 0.717) is 12.3 Å². The number of rotatable bonds is 7. The van der Waals surface area contributed by atoms with Gasteiger partial charge in [-0.15, -0.1) is 0 Å². The SMILES string of the molecule is CC(C)C[C@@H](/C=C\COS(C)(=O)=O)NC(=O)OC(C)(C)C. The fraction of sp³-hybridized carbons (Fsp3) is 0.786. The van der Waals surface area contributed by atoms with Crippen molar-refractivity contribution in [3.63, 3.8) is 0 Å². The molecule has 0 aromatic heterocycles. The van der Waals surface area contributed by atoms with Gasteiger partial charge in [-0.05, 0) is 33.1 Å². The molecular formula is C14H27NO5S. The van der Waals surface area contributed by atoms with Crippen LogP contribution in [0, 0.1) is 5.92 Å². The molecule has 0 saturated heterocycles. The molecule has 6 nitrogen and oxygen atoms in total. The van der Waals surface area contributed by atoms with Crippen LogP contribution in [0.2, 0.25) is 0 Å². The van der Waals surface area contributed by atoms with E-state index in [-0.39, 0.29) is 12.6 Å². The smallest absolute Gasteiger partial charge is 0.408 e. The highest BCUT2D eigenvalue weighted by Gasteiger charge is 2.18. The summed E-state index contributed by atoms with van der Waals surface area (Å²) in [4.78, 5) is 11.7. The van der Waals surface area contributed by atoms with E-state index in [0.717, 1.165) is 6.26 Å². The Labute approximate surface area is 128 Å². The maximum absolute atomic E-state index is 11.7. The van der Waals surface area contributed by atoms with Crippen molar-refractivity contribution in [1.82, 2.24) is 5.32 Å². The lowest BCUT2D eigenvalue weighted by Gasteiger charge is -2.23. The first-order valence-electron chi connectivity index (χ1n) is 6.89. The van der Waals surface area contributed by atoms with Gasteiger partial charge in [-0.3, -0.25) is 4.18 Å². The molecule has 0 aliphatic rings. The molecule has 0 saturated carbocycles. The van der Waals surface area contributed by atoms with Gasteiger partial charge in [0, 0.05) is 0 Å². The lowest BCUT2D eigenvalue weighted by Crippen LogP contribution is -2.38. The quantitative estimate of drug-likeness (QED) is 0.575. The van der Waals surface area contributed by atoms with E-state index in [9.17, 15) is 13.2 Å². The lowest BCUT2D eigenvalue weighted by atomic mass is 10.0. The summed E-state index contributed by atoms with van der Waals surface area (Å²) in [7, 11) is -3.46. The molecule has 0 rings (SSSR count). The Bertz CT molecular complexity index is 448. The molecule has 0 spiro atoms. The average Bonchev–Trinajstić information content (AvgIpc) is 2.18. The Balaban J connectivity index is 4.51. The Morgan fingerprint density at radius 2 is 1.86 bits per heavy atom. The van der Waals surface area contributed by atoms with Gasteiger partial charge in [0.15, 0.2) is 0 Å². The van der Waals surface area contributed by atoms with Gasteiger partial charge in [0.2, 0.25) is 0 Å². The van der Waals surface area contributed by atoms with E-state index in [1.54, 1.807) is 32.9 Å². The third kappa shape index (κ3) is 13.7. The third-order valence-electron chi connectivity index (χ3n) is 2.17. The number of carbonyl (C=O) groups is 1. The van der Waals surface area contributed by atoms with Gasteiger partial charge in [0.1, 0.15) is 5.60 Å². The van der Waals surface area contributed by atoms with Gasteiger partial charge in [0.05, 0.1) is 18.9 Å². The molecule has 0 aromatic rings. The molecule has 0 aliphatic carbocycles. The summed E-state index contributed by atoms with van der Waals surface area (Å²) < 4.78 is 31.5. The van der Waals surface area contributed by atoms with Crippen LogP contribution in [0.15, 0.2) is 12.2 Å². The molecule has 21 heavy (non-hydrogen) atoms. The number of ether oxygens (including phenoxy) is 1. The summed E-state index contributed by atoms with van der Waals surface area (Å²) in [6, 6.07) is -0.233. The summed E-state index contributed by atoms with van der Waals surface area (Å²) in [6.07, 6.45) is 4.50. The molecule has 7 heteroatoms. The van der Waals surface area contributed by atoms with Gasteiger partial charge >= 0.3 is 6.09 Å². The molecule has 0 aromatic carbocycles. The van der Waals surface area contributed by atoms with Crippen LogP contribution in [0.1, 0.15) is 41.0 Å². The highest BCUT2D eigenvalue weighted by molar-refractivity contribution is 7.85. The topological polar surface area (TPSA) is 81.7 Å². The maximum Gasteiger partial charge on any atom is 0.408 e. The predicted octanol–water partition coefficient (Wildman–Crippen LogP) is 2.46. The molecule has 0 radical (unpaired) electrons. The molecular weight excluding hydrogens is 294 g/mol. The van der Waals surface area contributed by atoms with E-state index >= 15 is 0 Å². The van der Waals surface area contributed by atoms with Crippen molar-refractivity contribution >= 4 is 16.2 Å². The van der Waals surface area contributed by atoms with Crippen molar-refractivity contribution in [3.05, 3.63) is 12.2 Å². The Morgan fingerprint density at radius 1 is 1.29 bits per heavy atom. The van der Waals surface area contributed by atoms with Crippen LogP contribution in [0.4, 0.5) is 4.79 Å². The second-order valence-corrected chi connectivity index (χ2v) is 7.94. The van der Waals surface area contributed by atoms with Gasteiger partial charge in [-0.2, -0.15) is 8.42 Å². The molecule has 124 valence electrons. The van der Waals surface area contributed by atoms with Gasteiger partial charge in [0.25, 0.3) is 10.1 Å². The standard InChI is InChI=1S/C14H27NO5S/c1-11(2)10-12(8-7-9-19-21(6,17)18)15-13(16)20-14(3,4)5/h7-8,11-12H,9-10H2,1-6H3,(H,15,16)/b8-7-/t12-/m1/s1. The van der Waals surface area contributed by atoms with E-state index in [1.165, 1.54) is 0 Å². The minimum Gasteiger partial charge on any atom is -0.444 e. The molecule has 0 aliphatic heterocycles. The predicted molar refractivity (Wildman–Crippen MR) is 82.5 cm³/mol. The van der Waals surface area contributed by atoms with Crippen molar-refractivity contribution in [2.45, 2.75) is 52.7 Å². The minimum atomic E-state index is -3.46. The number of amides is 1. The van der Waals surface area contributed by atoms with E-state index in [2.05, 4.69) is 9.50 Å². The number of carbonyl (C=O) groups excluding carboxylic acids is 1. The normalized spacial score (nSPS) is 14.4. The van der Waals surface area contributed by atoms with Crippen molar-refractivity contribution in [1.29, 1.82) is 0 Å². The molecule has 1 N–H and O–H groups in total. The number of hydrogen-bond acceptors (Lipinski definition) is 5. The first-order valence-corrected chi connectivity index (χ1v) is 8.71. The summed E-state index contributed by atoms with van der Waals surface area (Å²) in [6.45, 7) is 9.39. The summed E-state index contributed by atoms with van der Waals surface area (Å²) in [5, 5.41) is 2.75. The molecule has 1 amide bonds. The van der Waals surface area contributed by atoms with Crippen molar-refractivity contribution in [2.75, 3.05) is 12.9 Å². The highest BCUT2D eigenvalue weighted by Crippen LogP contribution is 2.10. The van der Waals surface area contributed by atoms with E-state index in [4.69, 9.17) is 4.74 Å². The largest absolute Gasteiger partial charge is 0.444 e. The highest BCUT2D eigenvalue weighted by atomic mass is 32.2. The number of nitrogens with one attached hydrogen (secondary N) is 1. The number of hydrogen-bond donors (Lipinski definition) is 1. The van der Waals surface area contributed by atoms with Crippen molar-refractivity contribution < 1.29 is 22.1 Å². The Hall–Kier alpha value is -1.08. The first-order chi connectivity index (χ1) is 9.39. The van der Waals surface area contributed by atoms with Crippen LogP contribution in [-0.2, 0) is 19.0 Å². The third-order valence-corrected chi connectivity index (χ3v) is 2.74. The van der Waals surface area contributed by atoms with Gasteiger partial charge in [-0.1, -0.05) is 26.0 Å². The maximum atomic E-state index is 11.7. The van der Waals surface area contributed by atoms with Crippen LogP contribution < -0.4 is 5.32 Å². The zero-order valence-corrected chi connectivity index (χ0v) is 14.5. The summed E-state index contributed by atoms with van der Waals surface area (Å²) >= 11 is 0. The average molecular weight is 321 g/mol.